The smallest absolute Gasteiger partial charge is 0.239 e. The van der Waals surface area contributed by atoms with E-state index in [0.29, 0.717) is 6.54 Å². The molecule has 0 aliphatic carbocycles. The summed E-state index contributed by atoms with van der Waals surface area (Å²) >= 11 is 0. The van der Waals surface area contributed by atoms with Gasteiger partial charge < -0.3 is 15.1 Å². The molecule has 0 saturated carbocycles. The minimum Gasteiger partial charge on any atom is -0.357 e. The van der Waals surface area contributed by atoms with Crippen LogP contribution in [0.5, 0.6) is 0 Å². The van der Waals surface area contributed by atoms with Gasteiger partial charge >= 0.3 is 0 Å². The highest BCUT2D eigenvalue weighted by molar-refractivity contribution is 5.82. The van der Waals surface area contributed by atoms with Crippen LogP contribution in [0, 0.1) is 0 Å². The molecule has 8 heteroatoms. The molecule has 32 heavy (non-hydrogen) atoms. The van der Waals surface area contributed by atoms with Gasteiger partial charge in [-0.2, -0.15) is 5.10 Å². The van der Waals surface area contributed by atoms with Gasteiger partial charge in [0.25, 0.3) is 0 Å². The lowest BCUT2D eigenvalue weighted by Gasteiger charge is -2.39. The lowest BCUT2D eigenvalue weighted by atomic mass is 10.2. The molecule has 1 aromatic heterocycles. The summed E-state index contributed by atoms with van der Waals surface area (Å²) in [5.74, 6) is 1.21. The molecule has 1 amide bonds. The Kier molecular flexibility index (Phi) is 7.42. The first-order valence-electron chi connectivity index (χ1n) is 11.8. The highest BCUT2D eigenvalue weighted by atomic mass is 16.2. The van der Waals surface area contributed by atoms with Crippen molar-refractivity contribution in [2.45, 2.75) is 39.3 Å². The number of para-hydroxylation sites is 1. The molecule has 8 nitrogen and oxygen atoms in total. The zero-order valence-electron chi connectivity index (χ0n) is 19.3. The molecular formula is C24H35N7O. The number of nitrogens with zero attached hydrogens (tertiary/aromatic N) is 6. The number of carbonyl (C=O) groups is 1. The van der Waals surface area contributed by atoms with Crippen LogP contribution in [0.3, 0.4) is 0 Å². The molecule has 3 heterocycles. The molecule has 0 spiro atoms. The Morgan fingerprint density at radius 1 is 1.06 bits per heavy atom. The van der Waals surface area contributed by atoms with Crippen LogP contribution in [-0.4, -0.2) is 88.2 Å². The van der Waals surface area contributed by atoms with E-state index in [4.69, 9.17) is 4.99 Å². The molecule has 0 bridgehead atoms. The van der Waals surface area contributed by atoms with E-state index in [1.807, 2.05) is 52.3 Å². The number of amides is 1. The Bertz CT molecular complexity index is 896. The van der Waals surface area contributed by atoms with Crippen molar-refractivity contribution >= 4 is 11.9 Å². The molecule has 2 fully saturated rings. The predicted molar refractivity (Wildman–Crippen MR) is 127 cm³/mol. The zero-order valence-corrected chi connectivity index (χ0v) is 19.3. The summed E-state index contributed by atoms with van der Waals surface area (Å²) in [6.07, 6.45) is 6.19. The van der Waals surface area contributed by atoms with Crippen LogP contribution in [0.25, 0.3) is 5.69 Å². The topological polar surface area (TPSA) is 69.0 Å². The maximum absolute atomic E-state index is 12.8. The molecule has 4 rings (SSSR count). The van der Waals surface area contributed by atoms with Crippen LogP contribution in [0.1, 0.15) is 32.3 Å². The predicted octanol–water partition coefficient (Wildman–Crippen LogP) is 1.97. The number of hydrogen-bond donors (Lipinski definition) is 1. The van der Waals surface area contributed by atoms with Crippen molar-refractivity contribution in [1.29, 1.82) is 0 Å². The van der Waals surface area contributed by atoms with Crippen molar-refractivity contribution in [2.24, 2.45) is 4.99 Å². The largest absolute Gasteiger partial charge is 0.357 e. The van der Waals surface area contributed by atoms with Gasteiger partial charge in [-0.05, 0) is 38.8 Å². The highest BCUT2D eigenvalue weighted by Gasteiger charge is 2.30. The summed E-state index contributed by atoms with van der Waals surface area (Å²) < 4.78 is 1.88. The van der Waals surface area contributed by atoms with Crippen molar-refractivity contribution in [3.05, 3.63) is 48.3 Å². The molecule has 1 aromatic carbocycles. The number of guanidine groups is 1. The van der Waals surface area contributed by atoms with Crippen molar-refractivity contribution < 1.29 is 4.79 Å². The second-order valence-electron chi connectivity index (χ2n) is 8.53. The van der Waals surface area contributed by atoms with Gasteiger partial charge in [0.2, 0.25) is 5.91 Å². The SMILES string of the molecule is CCNC(=NCc1cnn(-c2ccccc2)c1)N1CCN(C(C)C(=O)N2CCCC2)CC1. The first-order chi connectivity index (χ1) is 15.7. The summed E-state index contributed by atoms with van der Waals surface area (Å²) in [6.45, 7) is 10.9. The number of nitrogens with one attached hydrogen (secondary N) is 1. The highest BCUT2D eigenvalue weighted by Crippen LogP contribution is 2.14. The quantitative estimate of drug-likeness (QED) is 0.553. The number of benzene rings is 1. The minimum atomic E-state index is -0.0430. The number of aromatic nitrogens is 2. The minimum absolute atomic E-state index is 0.0430. The maximum Gasteiger partial charge on any atom is 0.239 e. The third-order valence-corrected chi connectivity index (χ3v) is 6.34. The van der Waals surface area contributed by atoms with Gasteiger partial charge in [-0.3, -0.25) is 9.69 Å². The molecule has 1 unspecified atom stereocenters. The van der Waals surface area contributed by atoms with Gasteiger partial charge in [-0.15, -0.1) is 0 Å². The monoisotopic (exact) mass is 437 g/mol. The van der Waals surface area contributed by atoms with Crippen LogP contribution >= 0.6 is 0 Å². The van der Waals surface area contributed by atoms with Gasteiger partial charge in [-0.25, -0.2) is 9.67 Å². The fourth-order valence-corrected chi connectivity index (χ4v) is 4.43. The summed E-state index contributed by atoms with van der Waals surface area (Å²) in [6, 6.07) is 10.1. The Labute approximate surface area is 190 Å². The number of likely N-dealkylation sites (tertiary alicyclic amines) is 1. The number of piperazine rings is 1. The average Bonchev–Trinajstić information content (AvgIpc) is 3.54. The standard InChI is InChI=1S/C24H35N7O/c1-3-25-24(26-17-21-18-27-31(19-21)22-9-5-4-6-10-22)30-15-13-28(14-16-30)20(2)23(32)29-11-7-8-12-29/h4-6,9-10,18-20H,3,7-8,11-17H2,1-2H3,(H,25,26). The van der Waals surface area contributed by atoms with Crippen LogP contribution in [0.4, 0.5) is 0 Å². The molecule has 2 aliphatic heterocycles. The maximum atomic E-state index is 12.8. The number of carbonyl (C=O) groups excluding carboxylic acids is 1. The normalized spacial score (nSPS) is 18.8. The molecule has 172 valence electrons. The number of hydrogen-bond acceptors (Lipinski definition) is 4. The van der Waals surface area contributed by atoms with Crippen LogP contribution in [0.15, 0.2) is 47.7 Å². The van der Waals surface area contributed by atoms with E-state index in [2.05, 4.69) is 34.1 Å². The Morgan fingerprint density at radius 2 is 1.78 bits per heavy atom. The fourth-order valence-electron chi connectivity index (χ4n) is 4.43. The second-order valence-corrected chi connectivity index (χ2v) is 8.53. The van der Waals surface area contributed by atoms with Crippen LogP contribution in [0.2, 0.25) is 0 Å². The van der Waals surface area contributed by atoms with Gasteiger partial charge in [-0.1, -0.05) is 18.2 Å². The first kappa shape index (κ1) is 22.3. The van der Waals surface area contributed by atoms with Crippen molar-refractivity contribution in [3.63, 3.8) is 0 Å². The first-order valence-corrected chi connectivity index (χ1v) is 11.8. The Balaban J connectivity index is 1.34. The molecule has 2 aliphatic rings. The Hall–Kier alpha value is -2.87. The third-order valence-electron chi connectivity index (χ3n) is 6.34. The average molecular weight is 438 g/mol. The van der Waals surface area contributed by atoms with E-state index >= 15 is 0 Å². The van der Waals surface area contributed by atoms with E-state index in [9.17, 15) is 4.79 Å². The molecule has 1 atom stereocenters. The molecule has 2 saturated heterocycles. The van der Waals surface area contributed by atoms with E-state index < -0.39 is 0 Å². The van der Waals surface area contributed by atoms with Gasteiger partial charge in [0.05, 0.1) is 24.5 Å². The van der Waals surface area contributed by atoms with Gasteiger partial charge in [0.15, 0.2) is 5.96 Å². The molecule has 2 aromatic rings. The lowest BCUT2D eigenvalue weighted by Crippen LogP contribution is -2.57. The lowest BCUT2D eigenvalue weighted by molar-refractivity contribution is -0.135. The van der Waals surface area contributed by atoms with Crippen molar-refractivity contribution in [1.82, 2.24) is 29.8 Å². The number of aliphatic imine (C=N–C) groups is 1. The van der Waals surface area contributed by atoms with E-state index in [-0.39, 0.29) is 11.9 Å². The van der Waals surface area contributed by atoms with E-state index in [1.165, 1.54) is 0 Å². The summed E-state index contributed by atoms with van der Waals surface area (Å²) in [5, 5.41) is 7.90. The fraction of sp³-hybridized carbons (Fsp3) is 0.542. The van der Waals surface area contributed by atoms with Crippen LogP contribution in [-0.2, 0) is 11.3 Å². The molecular weight excluding hydrogens is 402 g/mol. The molecule has 1 N–H and O–H groups in total. The second kappa shape index (κ2) is 10.6. The van der Waals surface area contributed by atoms with Gasteiger partial charge in [0, 0.05) is 57.6 Å². The summed E-state index contributed by atoms with van der Waals surface area (Å²) in [5.41, 5.74) is 2.12. The van der Waals surface area contributed by atoms with Crippen LogP contribution < -0.4 is 5.32 Å². The summed E-state index contributed by atoms with van der Waals surface area (Å²) in [7, 11) is 0. The van der Waals surface area contributed by atoms with Crippen molar-refractivity contribution in [3.8, 4) is 5.69 Å². The zero-order chi connectivity index (χ0) is 22.3. The van der Waals surface area contributed by atoms with E-state index in [0.717, 1.165) is 75.9 Å². The van der Waals surface area contributed by atoms with Gasteiger partial charge in [0.1, 0.15) is 0 Å². The Morgan fingerprint density at radius 3 is 2.47 bits per heavy atom. The number of rotatable bonds is 6. The van der Waals surface area contributed by atoms with E-state index in [1.54, 1.807) is 0 Å². The third kappa shape index (κ3) is 5.30. The van der Waals surface area contributed by atoms with Crippen molar-refractivity contribution in [2.75, 3.05) is 45.8 Å². The molecule has 0 radical (unpaired) electrons. The summed E-state index contributed by atoms with van der Waals surface area (Å²) in [4.78, 5) is 24.3.